The topological polar surface area (TPSA) is 123 Å². The minimum Gasteiger partial charge on any atom is -0.488 e. The van der Waals surface area contributed by atoms with Gasteiger partial charge in [0.1, 0.15) is 17.9 Å². The summed E-state index contributed by atoms with van der Waals surface area (Å²) in [6.07, 6.45) is -0.199. The lowest BCUT2D eigenvalue weighted by atomic mass is 10.0. The Bertz CT molecular complexity index is 1310. The summed E-state index contributed by atoms with van der Waals surface area (Å²) in [5.74, 6) is -2.01. The van der Waals surface area contributed by atoms with Crippen molar-refractivity contribution in [1.29, 1.82) is 0 Å². The van der Waals surface area contributed by atoms with Gasteiger partial charge in [-0.1, -0.05) is 42.5 Å². The lowest BCUT2D eigenvalue weighted by molar-refractivity contribution is -0.136. The Morgan fingerprint density at radius 2 is 1.72 bits per heavy atom. The number of carboxylic acid groups (broad SMARTS) is 2. The fraction of sp³-hybridized carbons (Fsp3) is 0.120. The number of benzene rings is 3. The molecular weight excluding hydrogens is 410 g/mol. The summed E-state index contributed by atoms with van der Waals surface area (Å²) in [5, 5.41) is 19.4. The Morgan fingerprint density at radius 3 is 2.47 bits per heavy atom. The highest BCUT2D eigenvalue weighted by Crippen LogP contribution is 2.32. The molecule has 4 rings (SSSR count). The molecule has 0 spiro atoms. The monoisotopic (exact) mass is 431 g/mol. The molecule has 3 aromatic carbocycles. The van der Waals surface area contributed by atoms with Crippen LogP contribution in [-0.2, 0) is 24.4 Å². The van der Waals surface area contributed by atoms with Crippen LogP contribution >= 0.6 is 0 Å². The zero-order valence-electron chi connectivity index (χ0n) is 17.1. The number of carbonyl (C=O) groups is 2. The van der Waals surface area contributed by atoms with E-state index in [1.807, 2.05) is 36.4 Å². The van der Waals surface area contributed by atoms with Gasteiger partial charge >= 0.3 is 11.9 Å². The Balaban J connectivity index is 1.73. The maximum absolute atomic E-state index is 11.8. The molecule has 7 nitrogen and oxygen atoms in total. The Morgan fingerprint density at radius 1 is 0.938 bits per heavy atom. The molecule has 1 heterocycles. The second-order valence-corrected chi connectivity index (χ2v) is 7.30. The van der Waals surface area contributed by atoms with E-state index >= 15 is 0 Å². The molecular formula is C25H21NO6. The number of furan rings is 1. The van der Waals surface area contributed by atoms with Crippen LogP contribution in [0.15, 0.2) is 71.1 Å². The van der Waals surface area contributed by atoms with Gasteiger partial charge in [-0.15, -0.1) is 0 Å². The smallest absolute Gasteiger partial charge is 0.372 e. The standard InChI is InChI=1S/C25H21NO6/c26-13-15-4-3-6-16(10-15)17-8-9-22-19(11-17)20(24(32-22)25(29)30)14-31-21-7-2-1-5-18(21)12-23(27)28/h1-11H,12-14,26H2,(H,27,28)(H,29,30). The molecule has 0 unspecified atom stereocenters. The molecule has 0 atom stereocenters. The lowest BCUT2D eigenvalue weighted by Crippen LogP contribution is -2.06. The molecule has 0 aliphatic heterocycles. The molecule has 0 saturated heterocycles. The normalized spacial score (nSPS) is 10.9. The Hall–Kier alpha value is -4.10. The van der Waals surface area contributed by atoms with Gasteiger partial charge in [-0.3, -0.25) is 4.79 Å². The van der Waals surface area contributed by atoms with Crippen molar-refractivity contribution in [3.05, 3.63) is 89.2 Å². The van der Waals surface area contributed by atoms with Gasteiger partial charge in [0.05, 0.1) is 12.0 Å². The van der Waals surface area contributed by atoms with Crippen LogP contribution in [0.2, 0.25) is 0 Å². The molecule has 1 aromatic heterocycles. The fourth-order valence-corrected chi connectivity index (χ4v) is 3.63. The summed E-state index contributed by atoms with van der Waals surface area (Å²) < 4.78 is 11.4. The minimum atomic E-state index is -1.20. The Kier molecular flexibility index (Phi) is 5.91. The van der Waals surface area contributed by atoms with Crippen molar-refractivity contribution < 1.29 is 29.0 Å². The van der Waals surface area contributed by atoms with E-state index < -0.39 is 11.9 Å². The maximum Gasteiger partial charge on any atom is 0.372 e. The van der Waals surface area contributed by atoms with Crippen molar-refractivity contribution >= 4 is 22.9 Å². The quantitative estimate of drug-likeness (QED) is 0.376. The van der Waals surface area contributed by atoms with Gasteiger partial charge in [-0.2, -0.15) is 0 Å². The summed E-state index contributed by atoms with van der Waals surface area (Å²) in [6, 6.07) is 20.0. The van der Waals surface area contributed by atoms with Crippen LogP contribution in [0.1, 0.15) is 27.2 Å². The third-order valence-corrected chi connectivity index (χ3v) is 5.17. The molecule has 0 saturated carbocycles. The summed E-state index contributed by atoms with van der Waals surface area (Å²) in [6.45, 7) is 0.331. The van der Waals surface area contributed by atoms with Crippen molar-refractivity contribution in [1.82, 2.24) is 0 Å². The highest BCUT2D eigenvalue weighted by Gasteiger charge is 2.21. The predicted molar refractivity (Wildman–Crippen MR) is 119 cm³/mol. The van der Waals surface area contributed by atoms with Crippen LogP contribution in [0.3, 0.4) is 0 Å². The molecule has 0 bridgehead atoms. The first-order chi connectivity index (χ1) is 15.5. The number of nitrogens with two attached hydrogens (primary N) is 1. The number of aliphatic carboxylic acids is 1. The summed E-state index contributed by atoms with van der Waals surface area (Å²) in [7, 11) is 0. The second kappa shape index (κ2) is 8.95. The highest BCUT2D eigenvalue weighted by atomic mass is 16.5. The number of fused-ring (bicyclic) bond motifs is 1. The van der Waals surface area contributed by atoms with Gasteiger partial charge in [0.2, 0.25) is 5.76 Å². The summed E-state index contributed by atoms with van der Waals surface area (Å²) in [4.78, 5) is 22.9. The van der Waals surface area contributed by atoms with Crippen LogP contribution in [0.4, 0.5) is 0 Å². The van der Waals surface area contributed by atoms with Crippen molar-refractivity contribution in [2.45, 2.75) is 19.6 Å². The number of carboxylic acids is 2. The molecule has 0 aliphatic rings. The van der Waals surface area contributed by atoms with E-state index in [1.165, 1.54) is 0 Å². The maximum atomic E-state index is 11.8. The second-order valence-electron chi connectivity index (χ2n) is 7.30. The van der Waals surface area contributed by atoms with Crippen molar-refractivity contribution in [3.8, 4) is 16.9 Å². The van der Waals surface area contributed by atoms with Gasteiger partial charge < -0.3 is 25.1 Å². The zero-order chi connectivity index (χ0) is 22.7. The van der Waals surface area contributed by atoms with E-state index in [0.29, 0.717) is 34.4 Å². The average molecular weight is 431 g/mol. The van der Waals surface area contributed by atoms with E-state index in [-0.39, 0.29) is 18.8 Å². The number of hydrogen-bond donors (Lipinski definition) is 3. The number of aromatic carboxylic acids is 1. The summed E-state index contributed by atoms with van der Waals surface area (Å²) >= 11 is 0. The summed E-state index contributed by atoms with van der Waals surface area (Å²) in [5.41, 5.74) is 9.89. The highest BCUT2D eigenvalue weighted by molar-refractivity contribution is 5.96. The average Bonchev–Trinajstić information content (AvgIpc) is 3.16. The van der Waals surface area contributed by atoms with Gasteiger partial charge in [-0.25, -0.2) is 4.79 Å². The molecule has 162 valence electrons. The number of rotatable bonds is 8. The van der Waals surface area contributed by atoms with Crippen LogP contribution in [0, 0.1) is 0 Å². The van der Waals surface area contributed by atoms with Crippen LogP contribution in [0.5, 0.6) is 5.75 Å². The zero-order valence-corrected chi connectivity index (χ0v) is 17.1. The van der Waals surface area contributed by atoms with Crippen LogP contribution < -0.4 is 10.5 Å². The first kappa shape index (κ1) is 21.1. The number of para-hydroxylation sites is 1. The molecule has 0 aliphatic carbocycles. The third kappa shape index (κ3) is 4.33. The van der Waals surface area contributed by atoms with Gasteiger partial charge in [0.25, 0.3) is 0 Å². The van der Waals surface area contributed by atoms with E-state index in [9.17, 15) is 14.7 Å². The van der Waals surface area contributed by atoms with Crippen molar-refractivity contribution in [3.63, 3.8) is 0 Å². The van der Waals surface area contributed by atoms with Crippen molar-refractivity contribution in [2.75, 3.05) is 0 Å². The molecule has 4 N–H and O–H groups in total. The van der Waals surface area contributed by atoms with E-state index in [4.69, 9.17) is 20.0 Å². The van der Waals surface area contributed by atoms with Crippen LogP contribution in [0.25, 0.3) is 22.1 Å². The first-order valence-electron chi connectivity index (χ1n) is 9.97. The molecule has 4 aromatic rings. The third-order valence-electron chi connectivity index (χ3n) is 5.17. The lowest BCUT2D eigenvalue weighted by Gasteiger charge is -2.10. The predicted octanol–water partition coefficient (Wildman–Crippen LogP) is 4.46. The SMILES string of the molecule is NCc1cccc(-c2ccc3oc(C(=O)O)c(COc4ccccc4CC(=O)O)c3c2)c1. The largest absolute Gasteiger partial charge is 0.488 e. The van der Waals surface area contributed by atoms with Crippen molar-refractivity contribution in [2.24, 2.45) is 5.73 Å². The molecule has 0 radical (unpaired) electrons. The van der Waals surface area contributed by atoms with E-state index in [1.54, 1.807) is 30.3 Å². The Labute approximate surface area is 183 Å². The van der Waals surface area contributed by atoms with Gasteiger partial charge in [-0.05, 0) is 41.0 Å². The fourth-order valence-electron chi connectivity index (χ4n) is 3.63. The minimum absolute atomic E-state index is 0.0858. The number of hydrogen-bond acceptors (Lipinski definition) is 5. The first-order valence-corrected chi connectivity index (χ1v) is 9.97. The number of ether oxygens (including phenoxy) is 1. The van der Waals surface area contributed by atoms with Gasteiger partial charge in [0.15, 0.2) is 0 Å². The van der Waals surface area contributed by atoms with Gasteiger partial charge in [0, 0.05) is 17.5 Å². The molecule has 0 amide bonds. The van der Waals surface area contributed by atoms with E-state index in [2.05, 4.69) is 0 Å². The van der Waals surface area contributed by atoms with Crippen LogP contribution in [-0.4, -0.2) is 22.2 Å². The molecule has 32 heavy (non-hydrogen) atoms. The van der Waals surface area contributed by atoms with E-state index in [0.717, 1.165) is 16.7 Å². The molecule has 7 heteroatoms. The molecule has 0 fully saturated rings.